The highest BCUT2D eigenvalue weighted by molar-refractivity contribution is 5.51. The molecule has 2 aromatic rings. The smallest absolute Gasteiger partial charge is 0.160 e. The number of anilines is 1. The Balaban J connectivity index is 1.40. The van der Waals surface area contributed by atoms with Crippen molar-refractivity contribution in [1.82, 2.24) is 24.6 Å². The summed E-state index contributed by atoms with van der Waals surface area (Å²) >= 11 is 0. The van der Waals surface area contributed by atoms with Crippen molar-refractivity contribution in [2.75, 3.05) is 37.6 Å². The monoisotopic (exact) mass is 298 g/mol. The highest BCUT2D eigenvalue weighted by Crippen LogP contribution is 2.30. The molecule has 3 heterocycles. The number of imidazole rings is 1. The first-order chi connectivity index (χ1) is 10.8. The zero-order valence-corrected chi connectivity index (χ0v) is 13.0. The summed E-state index contributed by atoms with van der Waals surface area (Å²) in [5.41, 5.74) is 0.823. The molecule has 1 saturated carbocycles. The zero-order valence-electron chi connectivity index (χ0n) is 13.0. The van der Waals surface area contributed by atoms with Crippen molar-refractivity contribution in [3.8, 4) is 11.5 Å². The van der Waals surface area contributed by atoms with Gasteiger partial charge in [0.15, 0.2) is 11.6 Å². The van der Waals surface area contributed by atoms with Gasteiger partial charge in [0.2, 0.25) is 0 Å². The molecule has 0 aromatic carbocycles. The summed E-state index contributed by atoms with van der Waals surface area (Å²) in [6, 6.07) is 4.08. The summed E-state index contributed by atoms with van der Waals surface area (Å²) in [6.07, 6.45) is 6.56. The van der Waals surface area contributed by atoms with Gasteiger partial charge in [-0.15, -0.1) is 10.2 Å². The molecule has 1 aliphatic carbocycles. The number of rotatable bonds is 4. The molecule has 0 unspecified atom stereocenters. The molecule has 6 heteroatoms. The summed E-state index contributed by atoms with van der Waals surface area (Å²) in [5, 5.41) is 8.75. The maximum atomic E-state index is 4.40. The Labute approximate surface area is 130 Å². The Hall–Kier alpha value is -1.95. The van der Waals surface area contributed by atoms with Crippen molar-refractivity contribution in [3.05, 3.63) is 24.5 Å². The summed E-state index contributed by atoms with van der Waals surface area (Å²) in [5.74, 6) is 2.81. The largest absolute Gasteiger partial charge is 0.353 e. The fourth-order valence-corrected chi connectivity index (χ4v) is 3.05. The molecule has 1 saturated heterocycles. The van der Waals surface area contributed by atoms with Gasteiger partial charge in [-0.2, -0.15) is 0 Å². The van der Waals surface area contributed by atoms with Crippen LogP contribution in [0.3, 0.4) is 0 Å². The molecule has 0 radical (unpaired) electrons. The summed E-state index contributed by atoms with van der Waals surface area (Å²) in [6.45, 7) is 5.66. The third-order valence-electron chi connectivity index (χ3n) is 4.61. The normalized spacial score (nSPS) is 19.6. The third-order valence-corrected chi connectivity index (χ3v) is 4.61. The summed E-state index contributed by atoms with van der Waals surface area (Å²) in [4.78, 5) is 9.23. The molecule has 6 nitrogen and oxygen atoms in total. The van der Waals surface area contributed by atoms with E-state index in [-0.39, 0.29) is 0 Å². The van der Waals surface area contributed by atoms with Gasteiger partial charge in [-0.3, -0.25) is 4.90 Å². The van der Waals surface area contributed by atoms with Gasteiger partial charge in [-0.05, 0) is 30.9 Å². The van der Waals surface area contributed by atoms with E-state index >= 15 is 0 Å². The molecular weight excluding hydrogens is 276 g/mol. The molecule has 0 bridgehead atoms. The van der Waals surface area contributed by atoms with Crippen LogP contribution < -0.4 is 4.90 Å². The molecule has 1 aliphatic heterocycles. The van der Waals surface area contributed by atoms with Gasteiger partial charge >= 0.3 is 0 Å². The number of hydrogen-bond acceptors (Lipinski definition) is 5. The van der Waals surface area contributed by atoms with Crippen molar-refractivity contribution < 1.29 is 0 Å². The third kappa shape index (κ3) is 2.83. The van der Waals surface area contributed by atoms with E-state index in [1.54, 1.807) is 6.20 Å². The molecular formula is C16H22N6. The lowest BCUT2D eigenvalue weighted by molar-refractivity contribution is 0.247. The van der Waals surface area contributed by atoms with E-state index in [1.165, 1.54) is 19.4 Å². The first kappa shape index (κ1) is 13.7. The molecule has 0 N–H and O–H groups in total. The van der Waals surface area contributed by atoms with Gasteiger partial charge < -0.3 is 9.47 Å². The Morgan fingerprint density at radius 2 is 1.91 bits per heavy atom. The molecule has 2 aliphatic rings. The van der Waals surface area contributed by atoms with Gasteiger partial charge in [-0.25, -0.2) is 4.98 Å². The minimum atomic E-state index is 0.823. The SMILES string of the molecule is Cn1ccnc1-c1ccc(N2CCN(CC3CC3)CC2)nn1. The van der Waals surface area contributed by atoms with Crippen LogP contribution in [0, 0.1) is 5.92 Å². The predicted octanol–water partition coefficient (Wildman–Crippen LogP) is 1.41. The Kier molecular flexibility index (Phi) is 3.54. The number of aryl methyl sites for hydroxylation is 1. The van der Waals surface area contributed by atoms with Crippen LogP contribution in [0.2, 0.25) is 0 Å². The maximum Gasteiger partial charge on any atom is 0.160 e. The first-order valence-electron chi connectivity index (χ1n) is 8.08. The molecule has 0 spiro atoms. The van der Waals surface area contributed by atoms with Crippen LogP contribution in [0.1, 0.15) is 12.8 Å². The number of aromatic nitrogens is 4. The Morgan fingerprint density at radius 3 is 2.50 bits per heavy atom. The lowest BCUT2D eigenvalue weighted by Crippen LogP contribution is -2.47. The van der Waals surface area contributed by atoms with Gasteiger partial charge in [-0.1, -0.05) is 0 Å². The first-order valence-corrected chi connectivity index (χ1v) is 8.08. The van der Waals surface area contributed by atoms with Crippen molar-refractivity contribution in [2.45, 2.75) is 12.8 Å². The highest BCUT2D eigenvalue weighted by Gasteiger charge is 2.26. The summed E-state index contributed by atoms with van der Waals surface area (Å²) in [7, 11) is 1.97. The molecule has 0 amide bonds. The number of hydrogen-bond donors (Lipinski definition) is 0. The van der Waals surface area contributed by atoms with E-state index in [0.717, 1.165) is 49.4 Å². The molecule has 2 fully saturated rings. The van der Waals surface area contributed by atoms with Crippen molar-refractivity contribution in [3.63, 3.8) is 0 Å². The van der Waals surface area contributed by atoms with E-state index in [4.69, 9.17) is 0 Å². The Morgan fingerprint density at radius 1 is 1.09 bits per heavy atom. The van der Waals surface area contributed by atoms with Crippen LogP contribution in [0.4, 0.5) is 5.82 Å². The van der Waals surface area contributed by atoms with Crippen LogP contribution in [0.25, 0.3) is 11.5 Å². The zero-order chi connectivity index (χ0) is 14.9. The highest BCUT2D eigenvalue weighted by atomic mass is 15.3. The van der Waals surface area contributed by atoms with E-state index in [0.29, 0.717) is 0 Å². The van der Waals surface area contributed by atoms with Crippen LogP contribution in [-0.2, 0) is 7.05 Å². The quantitative estimate of drug-likeness (QED) is 0.854. The molecule has 116 valence electrons. The minimum Gasteiger partial charge on any atom is -0.353 e. The second-order valence-electron chi connectivity index (χ2n) is 6.37. The standard InChI is InChI=1S/C16H22N6/c1-20-7-6-17-16(20)14-4-5-15(19-18-14)22-10-8-21(9-11-22)12-13-2-3-13/h4-7,13H,2-3,8-12H2,1H3. The second-order valence-corrected chi connectivity index (χ2v) is 6.37. The molecule has 22 heavy (non-hydrogen) atoms. The second kappa shape index (κ2) is 5.68. The molecule has 4 rings (SSSR count). The lowest BCUT2D eigenvalue weighted by Gasteiger charge is -2.35. The number of nitrogens with zero attached hydrogens (tertiary/aromatic N) is 6. The van der Waals surface area contributed by atoms with Gasteiger partial charge in [0.25, 0.3) is 0 Å². The average molecular weight is 298 g/mol. The van der Waals surface area contributed by atoms with Crippen LogP contribution >= 0.6 is 0 Å². The minimum absolute atomic E-state index is 0.823. The van der Waals surface area contributed by atoms with Gasteiger partial charge in [0, 0.05) is 52.2 Å². The molecule has 0 atom stereocenters. The van der Waals surface area contributed by atoms with Crippen molar-refractivity contribution in [1.29, 1.82) is 0 Å². The van der Waals surface area contributed by atoms with E-state index < -0.39 is 0 Å². The lowest BCUT2D eigenvalue weighted by atomic mass is 10.2. The van der Waals surface area contributed by atoms with Gasteiger partial charge in [0.1, 0.15) is 5.69 Å². The van der Waals surface area contributed by atoms with Crippen LogP contribution in [0.5, 0.6) is 0 Å². The van der Waals surface area contributed by atoms with E-state index in [2.05, 4.69) is 31.0 Å². The van der Waals surface area contributed by atoms with Crippen LogP contribution in [-0.4, -0.2) is 57.4 Å². The van der Waals surface area contributed by atoms with Crippen molar-refractivity contribution in [2.24, 2.45) is 13.0 Å². The van der Waals surface area contributed by atoms with Gasteiger partial charge in [0.05, 0.1) is 0 Å². The fourth-order valence-electron chi connectivity index (χ4n) is 3.05. The molecule has 2 aromatic heterocycles. The summed E-state index contributed by atoms with van der Waals surface area (Å²) < 4.78 is 1.96. The van der Waals surface area contributed by atoms with E-state index in [1.807, 2.05) is 23.9 Å². The maximum absolute atomic E-state index is 4.40. The predicted molar refractivity (Wildman–Crippen MR) is 85.6 cm³/mol. The average Bonchev–Trinajstić information content (AvgIpc) is 3.27. The topological polar surface area (TPSA) is 50.1 Å². The Bertz CT molecular complexity index is 622. The number of piperazine rings is 1. The van der Waals surface area contributed by atoms with E-state index in [9.17, 15) is 0 Å². The van der Waals surface area contributed by atoms with Crippen molar-refractivity contribution >= 4 is 5.82 Å². The fraction of sp³-hybridized carbons (Fsp3) is 0.562. The van der Waals surface area contributed by atoms with Crippen LogP contribution in [0.15, 0.2) is 24.5 Å².